The van der Waals surface area contributed by atoms with E-state index in [0.717, 1.165) is 70.7 Å². The Hall–Kier alpha value is -4.87. The number of aromatic nitrogens is 5. The van der Waals surface area contributed by atoms with Gasteiger partial charge in [0.25, 0.3) is 11.8 Å². The van der Waals surface area contributed by atoms with Crippen molar-refractivity contribution in [2.75, 3.05) is 11.9 Å². The summed E-state index contributed by atoms with van der Waals surface area (Å²) in [6.07, 6.45) is 10.4. The lowest BCUT2D eigenvalue weighted by Gasteiger charge is -2.35. The van der Waals surface area contributed by atoms with Gasteiger partial charge in [-0.25, -0.2) is 0 Å². The van der Waals surface area contributed by atoms with E-state index in [1.165, 1.54) is 0 Å². The van der Waals surface area contributed by atoms with E-state index in [2.05, 4.69) is 26.6 Å². The average molecular weight is 579 g/mol. The number of nitrogens with one attached hydrogen (secondary N) is 2. The lowest BCUT2D eigenvalue weighted by Crippen LogP contribution is -2.54. The molecule has 5 heterocycles. The molecule has 2 aliphatic heterocycles. The molecule has 1 atom stereocenters. The Bertz CT molecular complexity index is 1850. The number of nitrogens with zero attached hydrogens (tertiary/aromatic N) is 6. The molecule has 4 amide bonds. The number of piperidine rings is 1. The minimum Gasteiger partial charge on any atom is -0.385 e. The Morgan fingerprint density at radius 2 is 1.81 bits per heavy atom. The van der Waals surface area contributed by atoms with E-state index in [1.807, 2.05) is 30.2 Å². The van der Waals surface area contributed by atoms with E-state index in [1.54, 1.807) is 18.2 Å². The summed E-state index contributed by atoms with van der Waals surface area (Å²) < 4.78 is 3.99. The van der Waals surface area contributed by atoms with E-state index in [4.69, 9.17) is 10.1 Å². The minimum absolute atomic E-state index is 0.0955. The van der Waals surface area contributed by atoms with Crippen LogP contribution >= 0.6 is 0 Å². The quantitative estimate of drug-likeness (QED) is 0.318. The number of aryl methyl sites for hydroxylation is 1. The molecule has 0 bridgehead atoms. The number of pyridine rings is 1. The number of imide groups is 2. The summed E-state index contributed by atoms with van der Waals surface area (Å²) in [5.41, 5.74) is 5.54. The van der Waals surface area contributed by atoms with E-state index in [9.17, 15) is 19.2 Å². The smallest absolute Gasteiger partial charge is 0.262 e. The SMILES string of the molecule is Cn1ncc2c(-c3cn([C@H]4C[C@H](CNc5ccc6c(c5)C(=O)N(C5CCC(=O)NC5=O)C6=O)C4)nc3C3CC3)nccc21. The lowest BCUT2D eigenvalue weighted by atomic mass is 9.80. The minimum atomic E-state index is -0.968. The van der Waals surface area contributed by atoms with Crippen LogP contribution in [0.15, 0.2) is 42.9 Å². The fourth-order valence-corrected chi connectivity index (χ4v) is 6.65. The molecule has 3 fully saturated rings. The molecule has 2 saturated carbocycles. The van der Waals surface area contributed by atoms with Gasteiger partial charge in [-0.1, -0.05) is 0 Å². The Morgan fingerprint density at radius 1 is 1.00 bits per heavy atom. The maximum Gasteiger partial charge on any atom is 0.262 e. The van der Waals surface area contributed by atoms with Crippen LogP contribution in [0.3, 0.4) is 0 Å². The Morgan fingerprint density at radius 3 is 2.60 bits per heavy atom. The number of anilines is 1. The molecule has 0 spiro atoms. The molecule has 218 valence electrons. The summed E-state index contributed by atoms with van der Waals surface area (Å²) in [6.45, 7) is 0.731. The third-order valence-corrected chi connectivity index (χ3v) is 9.28. The van der Waals surface area contributed by atoms with Crippen LogP contribution in [0.5, 0.6) is 0 Å². The van der Waals surface area contributed by atoms with E-state index < -0.39 is 29.7 Å². The number of fused-ring (bicyclic) bond motifs is 2. The second kappa shape index (κ2) is 9.58. The van der Waals surface area contributed by atoms with Crippen molar-refractivity contribution in [2.24, 2.45) is 13.0 Å². The summed E-state index contributed by atoms with van der Waals surface area (Å²) in [5.74, 6) is -1.07. The first kappa shape index (κ1) is 25.8. The van der Waals surface area contributed by atoms with Gasteiger partial charge in [-0.05, 0) is 62.3 Å². The molecule has 1 unspecified atom stereocenters. The fourth-order valence-electron chi connectivity index (χ4n) is 6.65. The molecule has 12 nitrogen and oxygen atoms in total. The second-order valence-electron chi connectivity index (χ2n) is 12.1. The predicted molar refractivity (Wildman–Crippen MR) is 155 cm³/mol. The molecule has 0 radical (unpaired) electrons. The summed E-state index contributed by atoms with van der Waals surface area (Å²) in [4.78, 5) is 55.7. The monoisotopic (exact) mass is 578 g/mol. The van der Waals surface area contributed by atoms with Crippen molar-refractivity contribution in [1.82, 2.24) is 34.8 Å². The van der Waals surface area contributed by atoms with E-state index in [-0.39, 0.29) is 24.0 Å². The van der Waals surface area contributed by atoms with Crippen LogP contribution in [0.25, 0.3) is 22.2 Å². The molecule has 4 aliphatic rings. The first-order chi connectivity index (χ1) is 20.9. The number of carbonyl (C=O) groups is 4. The maximum atomic E-state index is 13.1. The largest absolute Gasteiger partial charge is 0.385 e. The summed E-state index contributed by atoms with van der Waals surface area (Å²) in [7, 11) is 1.94. The van der Waals surface area contributed by atoms with E-state index in [0.29, 0.717) is 17.9 Å². The first-order valence-corrected chi connectivity index (χ1v) is 14.8. The van der Waals surface area contributed by atoms with Gasteiger partial charge in [-0.2, -0.15) is 10.2 Å². The third-order valence-electron chi connectivity index (χ3n) is 9.28. The van der Waals surface area contributed by atoms with Crippen LogP contribution in [0, 0.1) is 5.92 Å². The van der Waals surface area contributed by atoms with Gasteiger partial charge in [0, 0.05) is 55.0 Å². The van der Waals surface area contributed by atoms with Crippen molar-refractivity contribution in [1.29, 1.82) is 0 Å². The molecule has 43 heavy (non-hydrogen) atoms. The molecular formula is C31H30N8O4. The number of hydrogen-bond donors (Lipinski definition) is 2. The first-order valence-electron chi connectivity index (χ1n) is 14.8. The average Bonchev–Trinajstić information content (AvgIpc) is 3.55. The topological polar surface area (TPSA) is 144 Å². The van der Waals surface area contributed by atoms with Crippen LogP contribution in [-0.4, -0.2) is 65.7 Å². The van der Waals surface area contributed by atoms with Gasteiger partial charge in [0.05, 0.1) is 40.3 Å². The number of benzene rings is 1. The molecule has 3 aromatic heterocycles. The van der Waals surface area contributed by atoms with Crippen molar-refractivity contribution in [3.8, 4) is 11.3 Å². The van der Waals surface area contributed by atoms with Gasteiger partial charge in [0.2, 0.25) is 11.8 Å². The maximum absolute atomic E-state index is 13.1. The van der Waals surface area contributed by atoms with Crippen LogP contribution in [0.1, 0.15) is 76.9 Å². The van der Waals surface area contributed by atoms with Gasteiger partial charge in [0.1, 0.15) is 6.04 Å². The Labute approximate surface area is 246 Å². The van der Waals surface area contributed by atoms with Gasteiger partial charge >= 0.3 is 0 Å². The third kappa shape index (κ3) is 4.23. The van der Waals surface area contributed by atoms with Crippen LogP contribution < -0.4 is 10.6 Å². The molecule has 1 aromatic carbocycles. The zero-order valence-electron chi connectivity index (χ0n) is 23.6. The van der Waals surface area contributed by atoms with Crippen LogP contribution in [0.4, 0.5) is 5.69 Å². The van der Waals surface area contributed by atoms with Crippen molar-refractivity contribution in [2.45, 2.75) is 56.5 Å². The highest BCUT2D eigenvalue weighted by molar-refractivity contribution is 6.23. The van der Waals surface area contributed by atoms with Crippen LogP contribution in [0.2, 0.25) is 0 Å². The summed E-state index contributed by atoms with van der Waals surface area (Å²) in [6, 6.07) is 6.44. The normalized spacial score (nSPS) is 23.5. The number of carbonyl (C=O) groups excluding carboxylic acids is 4. The molecule has 2 N–H and O–H groups in total. The highest BCUT2D eigenvalue weighted by Crippen LogP contribution is 2.46. The molecule has 1 saturated heterocycles. The molecular weight excluding hydrogens is 548 g/mol. The summed E-state index contributed by atoms with van der Waals surface area (Å²) >= 11 is 0. The second-order valence-corrected chi connectivity index (χ2v) is 12.1. The number of hydrogen-bond acceptors (Lipinski definition) is 8. The highest BCUT2D eigenvalue weighted by atomic mass is 16.2. The van der Waals surface area contributed by atoms with Crippen molar-refractivity contribution < 1.29 is 19.2 Å². The van der Waals surface area contributed by atoms with Gasteiger partial charge in [-0.3, -0.25) is 43.7 Å². The number of rotatable bonds is 7. The fraction of sp³-hybridized carbons (Fsp3) is 0.387. The number of amides is 4. The standard InChI is InChI=1S/C31H30N8O4/c1-37-24-8-9-32-28(22(24)14-34-37)23-15-38(36-27(23)17-2-3-17)19-10-16(11-19)13-33-18-4-5-20-21(12-18)31(43)39(30(20)42)25-6-7-26(40)35-29(25)41/h4-5,8-9,12,14-17,19,25,33H,2-3,6-7,10-11,13H2,1H3,(H,35,40,41)/t16-,19-,25?. The zero-order chi connectivity index (χ0) is 29.4. The molecule has 2 aliphatic carbocycles. The highest BCUT2D eigenvalue weighted by Gasteiger charge is 2.44. The summed E-state index contributed by atoms with van der Waals surface area (Å²) in [5, 5.41) is 16.2. The predicted octanol–water partition coefficient (Wildman–Crippen LogP) is 3.17. The van der Waals surface area contributed by atoms with E-state index >= 15 is 0 Å². The molecule has 12 heteroatoms. The van der Waals surface area contributed by atoms with Gasteiger partial charge in [-0.15, -0.1) is 0 Å². The van der Waals surface area contributed by atoms with Crippen molar-refractivity contribution >= 4 is 40.2 Å². The van der Waals surface area contributed by atoms with Gasteiger partial charge in [0.15, 0.2) is 0 Å². The van der Waals surface area contributed by atoms with Crippen molar-refractivity contribution in [3.63, 3.8) is 0 Å². The zero-order valence-corrected chi connectivity index (χ0v) is 23.6. The Kier molecular flexibility index (Phi) is 5.75. The van der Waals surface area contributed by atoms with Gasteiger partial charge < -0.3 is 5.32 Å². The Balaban J connectivity index is 0.935. The van der Waals surface area contributed by atoms with Crippen LogP contribution in [-0.2, 0) is 16.6 Å². The molecule has 4 aromatic rings. The molecule has 8 rings (SSSR count). The van der Waals surface area contributed by atoms with Crippen molar-refractivity contribution in [3.05, 3.63) is 59.7 Å². The lowest BCUT2D eigenvalue weighted by molar-refractivity contribution is -0.136.